The quantitative estimate of drug-likeness (QED) is 0.345. The summed E-state index contributed by atoms with van der Waals surface area (Å²) in [6, 6.07) is 0. The molecule has 10 nitrogen and oxygen atoms in total. The lowest BCUT2D eigenvalue weighted by Crippen LogP contribution is -2.44. The second-order valence-electron chi connectivity index (χ2n) is 5.67. The Labute approximate surface area is 130 Å². The van der Waals surface area contributed by atoms with E-state index >= 15 is 0 Å². The van der Waals surface area contributed by atoms with Crippen molar-refractivity contribution < 1.29 is 49.5 Å². The summed E-state index contributed by atoms with van der Waals surface area (Å²) in [6.45, 7) is 1.78. The van der Waals surface area contributed by atoms with Crippen LogP contribution in [0.5, 0.6) is 0 Å². The zero-order valence-electron chi connectivity index (χ0n) is 12.5. The number of aliphatic carboxylic acids is 5. The number of carboxylic acids is 5. The first-order valence-corrected chi connectivity index (χ1v) is 6.43. The van der Waals surface area contributed by atoms with Gasteiger partial charge in [0.1, 0.15) is 0 Å². The molecule has 0 saturated heterocycles. The van der Waals surface area contributed by atoms with Crippen LogP contribution < -0.4 is 0 Å². The van der Waals surface area contributed by atoms with E-state index in [0.717, 1.165) is 13.8 Å². The minimum absolute atomic E-state index is 0.624. The van der Waals surface area contributed by atoms with Gasteiger partial charge < -0.3 is 25.5 Å². The van der Waals surface area contributed by atoms with Crippen molar-refractivity contribution in [2.45, 2.75) is 33.1 Å². The Bertz CT molecular complexity index is 523. The monoisotopic (exact) mass is 334 g/mol. The molecule has 10 heteroatoms. The third-order valence-electron chi connectivity index (χ3n) is 3.95. The Morgan fingerprint density at radius 1 is 0.826 bits per heavy atom. The number of hydrogen-bond acceptors (Lipinski definition) is 5. The molecule has 0 aromatic rings. The van der Waals surface area contributed by atoms with Crippen molar-refractivity contribution in [2.24, 2.45) is 16.7 Å². The van der Waals surface area contributed by atoms with Gasteiger partial charge in [-0.2, -0.15) is 0 Å². The lowest BCUT2D eigenvalue weighted by atomic mass is 9.70. The van der Waals surface area contributed by atoms with E-state index in [1.807, 2.05) is 0 Å². The summed E-state index contributed by atoms with van der Waals surface area (Å²) in [4.78, 5) is 55.6. The van der Waals surface area contributed by atoms with Crippen molar-refractivity contribution >= 4 is 29.8 Å². The summed E-state index contributed by atoms with van der Waals surface area (Å²) in [5, 5.41) is 45.1. The molecule has 0 spiro atoms. The molecule has 0 bridgehead atoms. The molecule has 0 aliphatic rings. The molecule has 2 unspecified atom stereocenters. The average Bonchev–Trinajstić information content (AvgIpc) is 2.36. The highest BCUT2D eigenvalue weighted by Gasteiger charge is 2.50. The molecule has 0 rings (SSSR count). The smallest absolute Gasteiger partial charge is 0.320 e. The molecular formula is C13H18O10. The summed E-state index contributed by atoms with van der Waals surface area (Å²) in [7, 11) is 0. The van der Waals surface area contributed by atoms with Crippen molar-refractivity contribution in [3.8, 4) is 0 Å². The molecule has 5 N–H and O–H groups in total. The molecule has 0 aliphatic heterocycles. The van der Waals surface area contributed by atoms with Crippen LogP contribution in [-0.4, -0.2) is 55.4 Å². The molecule has 23 heavy (non-hydrogen) atoms. The predicted molar refractivity (Wildman–Crippen MR) is 71.7 cm³/mol. The maximum Gasteiger partial charge on any atom is 0.320 e. The van der Waals surface area contributed by atoms with Crippen LogP contribution in [-0.2, 0) is 24.0 Å². The van der Waals surface area contributed by atoms with E-state index in [4.69, 9.17) is 15.3 Å². The first kappa shape index (κ1) is 20.3. The van der Waals surface area contributed by atoms with Crippen LogP contribution in [0.4, 0.5) is 0 Å². The third kappa shape index (κ3) is 4.41. The Morgan fingerprint density at radius 2 is 1.26 bits per heavy atom. The molecule has 0 fully saturated rings. The maximum atomic E-state index is 11.3. The van der Waals surface area contributed by atoms with Gasteiger partial charge >= 0.3 is 29.8 Å². The van der Waals surface area contributed by atoms with E-state index < -0.39 is 65.9 Å². The van der Waals surface area contributed by atoms with E-state index in [9.17, 15) is 34.2 Å². The zero-order valence-corrected chi connectivity index (χ0v) is 12.5. The molecule has 0 aromatic carbocycles. The van der Waals surface area contributed by atoms with E-state index in [1.54, 1.807) is 0 Å². The summed E-state index contributed by atoms with van der Waals surface area (Å²) >= 11 is 0. The lowest BCUT2D eigenvalue weighted by molar-refractivity contribution is -0.169. The zero-order chi connectivity index (χ0) is 18.6. The number of rotatable bonds is 10. The van der Waals surface area contributed by atoms with Crippen molar-refractivity contribution in [2.75, 3.05) is 0 Å². The molecule has 2 atom stereocenters. The Morgan fingerprint density at radius 3 is 1.52 bits per heavy atom. The molecular weight excluding hydrogens is 316 g/mol. The molecule has 0 saturated carbocycles. The molecule has 130 valence electrons. The molecule has 0 heterocycles. The van der Waals surface area contributed by atoms with Crippen LogP contribution in [0, 0.1) is 16.7 Å². The van der Waals surface area contributed by atoms with E-state index in [1.165, 1.54) is 0 Å². The van der Waals surface area contributed by atoms with Crippen LogP contribution in [0.1, 0.15) is 33.1 Å². The second-order valence-corrected chi connectivity index (χ2v) is 5.67. The summed E-state index contributed by atoms with van der Waals surface area (Å²) in [5.74, 6) is -10.0. The fraction of sp³-hybridized carbons (Fsp3) is 0.615. The number of carboxylic acid groups (broad SMARTS) is 5. The maximum absolute atomic E-state index is 11.3. The molecule has 0 amide bonds. The highest BCUT2D eigenvalue weighted by atomic mass is 16.4. The standard InChI is InChI=1S/C13H18O10/c1-12(9(18)19,10(20)21)4-3-6(8(16)17)13(2,11(22)23)5-7(14)15/h6H,3-5H2,1-2H3,(H,14,15)(H,16,17)(H,18,19)(H,20,21)(H,22,23). The minimum atomic E-state index is -2.31. The minimum Gasteiger partial charge on any atom is -0.481 e. The molecule has 0 aromatic heterocycles. The predicted octanol–water partition coefficient (Wildman–Crippen LogP) is 0.209. The van der Waals surface area contributed by atoms with Crippen molar-refractivity contribution in [3.63, 3.8) is 0 Å². The van der Waals surface area contributed by atoms with Crippen LogP contribution >= 0.6 is 0 Å². The summed E-state index contributed by atoms with van der Waals surface area (Å²) in [6.07, 6.45) is -2.30. The molecule has 0 aliphatic carbocycles. The lowest BCUT2D eigenvalue weighted by Gasteiger charge is -2.31. The van der Waals surface area contributed by atoms with Gasteiger partial charge in [-0.1, -0.05) is 0 Å². The Balaban J connectivity index is 5.62. The van der Waals surface area contributed by atoms with E-state index in [2.05, 4.69) is 0 Å². The first-order valence-electron chi connectivity index (χ1n) is 6.43. The van der Waals surface area contributed by atoms with Gasteiger partial charge in [-0.25, -0.2) is 0 Å². The van der Waals surface area contributed by atoms with Gasteiger partial charge in [0, 0.05) is 0 Å². The van der Waals surface area contributed by atoms with Crippen molar-refractivity contribution in [1.29, 1.82) is 0 Å². The normalized spacial score (nSPS) is 15.2. The summed E-state index contributed by atoms with van der Waals surface area (Å²) < 4.78 is 0. The van der Waals surface area contributed by atoms with Crippen LogP contribution in [0.2, 0.25) is 0 Å². The third-order valence-corrected chi connectivity index (χ3v) is 3.95. The van der Waals surface area contributed by atoms with Gasteiger partial charge in [0.05, 0.1) is 17.8 Å². The van der Waals surface area contributed by atoms with Gasteiger partial charge in [-0.3, -0.25) is 24.0 Å². The largest absolute Gasteiger partial charge is 0.481 e. The van der Waals surface area contributed by atoms with Gasteiger partial charge in [0.15, 0.2) is 5.41 Å². The van der Waals surface area contributed by atoms with Gasteiger partial charge in [-0.05, 0) is 26.7 Å². The van der Waals surface area contributed by atoms with Gasteiger partial charge in [0.2, 0.25) is 0 Å². The molecule has 0 radical (unpaired) electrons. The second kappa shape index (κ2) is 7.07. The van der Waals surface area contributed by atoms with E-state index in [-0.39, 0.29) is 0 Å². The van der Waals surface area contributed by atoms with Crippen molar-refractivity contribution in [1.82, 2.24) is 0 Å². The Hall–Kier alpha value is -2.65. The van der Waals surface area contributed by atoms with E-state index in [0.29, 0.717) is 0 Å². The van der Waals surface area contributed by atoms with Crippen LogP contribution in [0.15, 0.2) is 0 Å². The van der Waals surface area contributed by atoms with Gasteiger partial charge in [0.25, 0.3) is 0 Å². The highest BCUT2D eigenvalue weighted by Crippen LogP contribution is 2.38. The van der Waals surface area contributed by atoms with Gasteiger partial charge in [-0.15, -0.1) is 0 Å². The fourth-order valence-corrected chi connectivity index (χ4v) is 2.11. The SMILES string of the molecule is CC(CCC(C(=O)O)C(C)(CC(=O)O)C(=O)O)(C(=O)O)C(=O)O. The van der Waals surface area contributed by atoms with Crippen LogP contribution in [0.25, 0.3) is 0 Å². The van der Waals surface area contributed by atoms with Crippen molar-refractivity contribution in [3.05, 3.63) is 0 Å². The number of hydrogen-bond donors (Lipinski definition) is 5. The topological polar surface area (TPSA) is 186 Å². The average molecular weight is 334 g/mol. The fourth-order valence-electron chi connectivity index (χ4n) is 2.11. The number of carbonyl (C=O) groups is 5. The first-order chi connectivity index (χ1) is 10.3. The Kier molecular flexibility index (Phi) is 6.26. The van der Waals surface area contributed by atoms with Crippen LogP contribution in [0.3, 0.4) is 0 Å². The summed E-state index contributed by atoms with van der Waals surface area (Å²) in [5.41, 5.74) is -4.52. The highest BCUT2D eigenvalue weighted by molar-refractivity contribution is 5.97.